The Morgan fingerprint density at radius 3 is 2.15 bits per heavy atom. The van der Waals surface area contributed by atoms with Crippen molar-refractivity contribution in [1.82, 2.24) is 9.55 Å². The molecule has 209 valence electrons. The number of thiophene rings is 1. The van der Waals surface area contributed by atoms with Gasteiger partial charge in [-0.1, -0.05) is 110 Å². The number of para-hydroxylation sites is 2. The monoisotopic (exact) mass is 732 g/mol. The van der Waals surface area contributed by atoms with Gasteiger partial charge in [0.2, 0.25) is 0 Å². The first-order chi connectivity index (χ1) is 19.4. The number of benzene rings is 4. The van der Waals surface area contributed by atoms with Gasteiger partial charge in [-0.15, -0.1) is 5.39 Å². The van der Waals surface area contributed by atoms with Crippen LogP contribution in [0.2, 0.25) is 0 Å². The third-order valence-electron chi connectivity index (χ3n) is 7.93. The van der Waals surface area contributed by atoms with E-state index in [-0.39, 0.29) is 20.1 Å². The van der Waals surface area contributed by atoms with Gasteiger partial charge in [-0.2, -0.15) is 0 Å². The van der Waals surface area contributed by atoms with E-state index in [1.165, 1.54) is 49.2 Å². The van der Waals surface area contributed by atoms with E-state index in [2.05, 4.69) is 142 Å². The molecule has 0 amide bonds. The van der Waals surface area contributed by atoms with E-state index in [1.54, 1.807) is 11.3 Å². The largest absolute Gasteiger partial charge is 0.333 e. The molecule has 0 aliphatic rings. The zero-order valence-electron chi connectivity index (χ0n) is 24.5. The second kappa shape index (κ2) is 11.9. The Hall–Kier alpha value is -3.30. The maximum Gasteiger partial charge on any atom is 0.0774 e. The second-order valence-electron chi connectivity index (χ2n) is 11.2. The van der Waals surface area contributed by atoms with Crippen LogP contribution in [0.3, 0.4) is 0 Å². The van der Waals surface area contributed by atoms with Gasteiger partial charge in [0.05, 0.1) is 16.9 Å². The van der Waals surface area contributed by atoms with Crippen LogP contribution in [0.4, 0.5) is 0 Å². The molecule has 0 aliphatic carbocycles. The first-order valence-corrected chi connectivity index (χ1v) is 15.0. The van der Waals surface area contributed by atoms with Crippen LogP contribution in [0.25, 0.3) is 54.9 Å². The molecule has 2 nitrogen and oxygen atoms in total. The third-order valence-corrected chi connectivity index (χ3v) is 8.81. The fourth-order valence-electron chi connectivity index (χ4n) is 5.59. The molecule has 0 saturated heterocycles. The molecule has 0 unspecified atom stereocenters. The summed E-state index contributed by atoms with van der Waals surface area (Å²) in [6, 6.07) is 30.8. The van der Waals surface area contributed by atoms with Crippen LogP contribution < -0.4 is 0 Å². The van der Waals surface area contributed by atoms with Crippen molar-refractivity contribution in [2.75, 3.05) is 0 Å². The average molecular weight is 732 g/mol. The van der Waals surface area contributed by atoms with Gasteiger partial charge >= 0.3 is 0 Å². The van der Waals surface area contributed by atoms with Gasteiger partial charge in [0, 0.05) is 25.8 Å². The van der Waals surface area contributed by atoms with Crippen molar-refractivity contribution in [2.24, 2.45) is 0 Å². The summed E-state index contributed by atoms with van der Waals surface area (Å²) in [7, 11) is 0. The molecule has 1 radical (unpaired) electrons. The topological polar surface area (TPSA) is 17.8 Å². The van der Waals surface area contributed by atoms with Gasteiger partial charge in [-0.3, -0.25) is 16.3 Å². The Morgan fingerprint density at radius 1 is 0.829 bits per heavy atom. The predicted molar refractivity (Wildman–Crippen MR) is 174 cm³/mol. The Kier molecular flexibility index (Phi) is 8.47. The molecular formula is C37H35IrN2S-. The van der Waals surface area contributed by atoms with E-state index in [4.69, 9.17) is 4.98 Å². The van der Waals surface area contributed by atoms with E-state index in [9.17, 15) is 0 Å². The molecule has 4 aromatic carbocycles. The molecule has 6 aromatic rings. The first-order valence-electron chi connectivity index (χ1n) is 14.2. The Bertz CT molecular complexity index is 1840. The van der Waals surface area contributed by atoms with E-state index < -0.39 is 0 Å². The van der Waals surface area contributed by atoms with E-state index >= 15 is 0 Å². The summed E-state index contributed by atoms with van der Waals surface area (Å²) in [5.74, 6) is 1.62. The van der Waals surface area contributed by atoms with Crippen molar-refractivity contribution >= 4 is 38.0 Å². The minimum Gasteiger partial charge on any atom is -0.333 e. The van der Waals surface area contributed by atoms with Gasteiger partial charge in [-0.25, -0.2) is 0 Å². The number of nitrogens with zero attached hydrogens (tertiary/aromatic N) is 2. The van der Waals surface area contributed by atoms with Gasteiger partial charge < -0.3 is 4.57 Å². The third kappa shape index (κ3) is 5.25. The van der Waals surface area contributed by atoms with Crippen LogP contribution in [0.1, 0.15) is 70.1 Å². The van der Waals surface area contributed by atoms with E-state index in [0.29, 0.717) is 11.8 Å². The molecule has 0 aliphatic heterocycles. The normalized spacial score (nSPS) is 12.0. The minimum atomic E-state index is 0. The second-order valence-corrected chi connectivity index (χ2v) is 12.0. The maximum atomic E-state index is 5.28. The Balaban J connectivity index is 0.00000337. The fraction of sp³-hybridized carbons (Fsp3) is 0.216. The number of allylic oxidation sites excluding steroid dienone is 2. The number of imidazole rings is 1. The molecule has 0 atom stereocenters. The first kappa shape index (κ1) is 29.2. The fourth-order valence-corrected chi connectivity index (χ4v) is 6.41. The minimum absolute atomic E-state index is 0. The zero-order valence-corrected chi connectivity index (χ0v) is 27.7. The predicted octanol–water partition coefficient (Wildman–Crippen LogP) is 11.0. The summed E-state index contributed by atoms with van der Waals surface area (Å²) in [6.45, 7) is 13.5. The van der Waals surface area contributed by atoms with Crippen molar-refractivity contribution < 1.29 is 20.1 Å². The van der Waals surface area contributed by atoms with Crippen molar-refractivity contribution in [3.05, 3.63) is 113 Å². The summed E-state index contributed by atoms with van der Waals surface area (Å²) < 4.78 is 3.65. The maximum absolute atomic E-state index is 5.28. The summed E-state index contributed by atoms with van der Waals surface area (Å²) in [5.41, 5.74) is 12.1. The molecule has 0 spiro atoms. The summed E-state index contributed by atoms with van der Waals surface area (Å²) >= 11 is 1.67. The number of hydrogen-bond donors (Lipinski definition) is 0. The van der Waals surface area contributed by atoms with Crippen LogP contribution in [-0.2, 0) is 20.1 Å². The number of fused-ring (bicyclic) bond motifs is 2. The van der Waals surface area contributed by atoms with Crippen LogP contribution in [0.5, 0.6) is 0 Å². The molecule has 4 heteroatoms. The average Bonchev–Trinajstić information content (AvgIpc) is 3.57. The molecule has 0 fully saturated rings. The van der Waals surface area contributed by atoms with Gasteiger partial charge in [-0.05, 0) is 83.3 Å². The van der Waals surface area contributed by atoms with Crippen LogP contribution in [0.15, 0.2) is 91.0 Å². The zero-order chi connectivity index (χ0) is 28.0. The number of rotatable bonds is 6. The molecule has 0 N–H and O–H groups in total. The summed E-state index contributed by atoms with van der Waals surface area (Å²) in [5, 5.41) is 4.87. The quantitative estimate of drug-likeness (QED) is 0.156. The molecule has 2 aromatic heterocycles. The smallest absolute Gasteiger partial charge is 0.0774 e. The van der Waals surface area contributed by atoms with Crippen molar-refractivity contribution in [2.45, 2.75) is 53.4 Å². The van der Waals surface area contributed by atoms with Gasteiger partial charge in [0.15, 0.2) is 0 Å². The molecular weight excluding hydrogens is 697 g/mol. The molecule has 2 heterocycles. The molecule has 0 bridgehead atoms. The van der Waals surface area contributed by atoms with Crippen molar-refractivity contribution in [1.29, 1.82) is 0 Å². The van der Waals surface area contributed by atoms with Crippen molar-refractivity contribution in [3.63, 3.8) is 0 Å². The van der Waals surface area contributed by atoms with E-state index in [0.717, 1.165) is 22.4 Å². The number of hydrogen-bond acceptors (Lipinski definition) is 2. The molecule has 41 heavy (non-hydrogen) atoms. The number of aromatic nitrogens is 2. The summed E-state index contributed by atoms with van der Waals surface area (Å²) in [6.07, 6.45) is 2.17. The van der Waals surface area contributed by atoms with Crippen LogP contribution >= 0.6 is 11.3 Å². The Morgan fingerprint density at radius 2 is 1.49 bits per heavy atom. The summed E-state index contributed by atoms with van der Waals surface area (Å²) in [4.78, 5) is 5.28. The SMILES string of the molecule is C/C=C(/C)c1ccc2s[c-]c(-c3nc4ccccc4n3-c3c(C(C)C)cc(-c4ccccc4)cc3C(C)C)c2c1.[Ir]. The van der Waals surface area contributed by atoms with E-state index in [1.807, 2.05) is 0 Å². The van der Waals surface area contributed by atoms with Gasteiger partial charge in [0.1, 0.15) is 0 Å². The molecule has 0 saturated carbocycles. The Labute approximate surface area is 261 Å². The molecule has 6 rings (SSSR count). The van der Waals surface area contributed by atoms with Crippen LogP contribution in [-0.4, -0.2) is 9.55 Å². The van der Waals surface area contributed by atoms with Crippen LogP contribution in [0, 0.1) is 5.38 Å². The van der Waals surface area contributed by atoms with Gasteiger partial charge in [0.25, 0.3) is 0 Å². The van der Waals surface area contributed by atoms with Crippen molar-refractivity contribution in [3.8, 4) is 28.2 Å². The standard InChI is InChI=1S/C37H35N2S.Ir/c1-7-25(6)27-17-18-35-31(19-27)32(22-40-35)37-38-33-15-11-12-16-34(33)39(37)36-29(23(2)3)20-28(21-30(36)24(4)5)26-13-9-8-10-14-26;/h7-21,23-24H,1-6H3;/q-1;/b25-7-;.